The van der Waals surface area contributed by atoms with Crippen molar-refractivity contribution in [2.24, 2.45) is 0 Å². The molecule has 2 aromatic carbocycles. The average Bonchev–Trinajstić information content (AvgIpc) is 2.69. The molecule has 1 aliphatic rings. The van der Waals surface area contributed by atoms with Gasteiger partial charge in [-0.05, 0) is 23.8 Å². The van der Waals surface area contributed by atoms with Gasteiger partial charge in [-0.3, -0.25) is 4.79 Å². The van der Waals surface area contributed by atoms with E-state index in [1.54, 1.807) is 35.2 Å². The zero-order valence-corrected chi connectivity index (χ0v) is 14.4. The van der Waals surface area contributed by atoms with Crippen LogP contribution in [0.3, 0.4) is 0 Å². The van der Waals surface area contributed by atoms with E-state index in [1.807, 2.05) is 18.2 Å². The molecule has 2 aromatic rings. The number of aliphatic hydroxyl groups is 1. The smallest absolute Gasteiger partial charge is 0.260 e. The van der Waals surface area contributed by atoms with Gasteiger partial charge in [0.15, 0.2) is 6.61 Å². The summed E-state index contributed by atoms with van der Waals surface area (Å²) in [4.78, 5) is 14.1. The van der Waals surface area contributed by atoms with Crippen molar-refractivity contribution in [1.82, 2.24) is 4.90 Å². The fraction of sp³-hybridized carbons (Fsp3) is 0.350. The molecule has 138 valence electrons. The molecule has 0 aromatic heterocycles. The predicted octanol–water partition coefficient (Wildman–Crippen LogP) is 2.04. The van der Waals surface area contributed by atoms with Crippen LogP contribution in [0, 0.1) is 5.82 Å². The van der Waals surface area contributed by atoms with Gasteiger partial charge in [-0.25, -0.2) is 4.39 Å². The number of rotatable bonds is 6. The van der Waals surface area contributed by atoms with Gasteiger partial charge in [-0.1, -0.05) is 36.4 Å². The molecule has 5 nitrogen and oxygen atoms in total. The number of ether oxygens (including phenoxy) is 2. The minimum Gasteiger partial charge on any atom is -0.484 e. The Labute approximate surface area is 152 Å². The molecule has 0 saturated carbocycles. The van der Waals surface area contributed by atoms with Gasteiger partial charge in [0.2, 0.25) is 0 Å². The van der Waals surface area contributed by atoms with Gasteiger partial charge in [0.05, 0.1) is 19.8 Å². The number of hydrogen-bond acceptors (Lipinski definition) is 4. The molecule has 1 saturated heterocycles. The van der Waals surface area contributed by atoms with Crippen molar-refractivity contribution in [3.63, 3.8) is 0 Å². The number of benzene rings is 2. The summed E-state index contributed by atoms with van der Waals surface area (Å²) < 4.78 is 25.2. The van der Waals surface area contributed by atoms with Crippen molar-refractivity contribution in [2.45, 2.75) is 12.0 Å². The largest absolute Gasteiger partial charge is 0.484 e. The molecule has 6 heteroatoms. The van der Waals surface area contributed by atoms with Gasteiger partial charge < -0.3 is 19.5 Å². The summed E-state index contributed by atoms with van der Waals surface area (Å²) in [5.74, 6) is 0.0807. The molecule has 1 N–H and O–H groups in total. The lowest BCUT2D eigenvalue weighted by atomic mass is 9.92. The Balaban J connectivity index is 1.64. The Morgan fingerprint density at radius 3 is 2.65 bits per heavy atom. The molecule has 26 heavy (non-hydrogen) atoms. The number of carbonyl (C=O) groups excluding carboxylic acids is 1. The minimum atomic E-state index is -1.01. The summed E-state index contributed by atoms with van der Waals surface area (Å²) in [7, 11) is 0. The number of halogens is 1. The zero-order valence-electron chi connectivity index (χ0n) is 14.4. The standard InChI is InChI=1S/C20H22FNO4/c21-18-9-5-4-6-16(18)12-20(15-23)14-22(10-11-26-20)19(24)13-25-17-7-2-1-3-8-17/h1-9,23H,10-15H2/t20-/m1/s1. The van der Waals surface area contributed by atoms with Crippen molar-refractivity contribution in [3.05, 3.63) is 66.0 Å². The van der Waals surface area contributed by atoms with E-state index in [9.17, 15) is 14.3 Å². The quantitative estimate of drug-likeness (QED) is 0.858. The first-order chi connectivity index (χ1) is 12.6. The van der Waals surface area contributed by atoms with Crippen LogP contribution in [-0.4, -0.2) is 54.4 Å². The molecule has 0 aliphatic carbocycles. The van der Waals surface area contributed by atoms with Crippen molar-refractivity contribution >= 4 is 5.91 Å². The SMILES string of the molecule is O=C(COc1ccccc1)N1CCO[C@](CO)(Cc2ccccc2F)C1. The average molecular weight is 359 g/mol. The van der Waals surface area contributed by atoms with Gasteiger partial charge in [0.1, 0.15) is 17.2 Å². The van der Waals surface area contributed by atoms with E-state index in [1.165, 1.54) is 6.07 Å². The summed E-state index contributed by atoms with van der Waals surface area (Å²) in [6.45, 7) is 0.493. The number of carbonyl (C=O) groups is 1. The van der Waals surface area contributed by atoms with Crippen LogP contribution in [0.15, 0.2) is 54.6 Å². The highest BCUT2D eigenvalue weighted by Gasteiger charge is 2.38. The van der Waals surface area contributed by atoms with Crippen LogP contribution in [0.4, 0.5) is 4.39 Å². The van der Waals surface area contributed by atoms with Crippen molar-refractivity contribution in [1.29, 1.82) is 0 Å². The number of aliphatic hydroxyl groups excluding tert-OH is 1. The minimum absolute atomic E-state index is 0.0920. The van der Waals surface area contributed by atoms with E-state index in [2.05, 4.69) is 0 Å². The highest BCUT2D eigenvalue weighted by Crippen LogP contribution is 2.24. The summed E-state index contributed by atoms with van der Waals surface area (Å²) in [6, 6.07) is 15.5. The lowest BCUT2D eigenvalue weighted by Crippen LogP contribution is -2.57. The lowest BCUT2D eigenvalue weighted by Gasteiger charge is -2.41. The normalized spacial score (nSPS) is 20.0. The number of amides is 1. The van der Waals surface area contributed by atoms with Crippen LogP contribution in [0.1, 0.15) is 5.56 Å². The fourth-order valence-corrected chi connectivity index (χ4v) is 3.06. The second-order valence-corrected chi connectivity index (χ2v) is 6.37. The third-order valence-electron chi connectivity index (χ3n) is 4.47. The molecule has 0 unspecified atom stereocenters. The summed E-state index contributed by atoms with van der Waals surface area (Å²) in [6.07, 6.45) is 0.194. The number of nitrogens with zero attached hydrogens (tertiary/aromatic N) is 1. The molecule has 3 rings (SSSR count). The highest BCUT2D eigenvalue weighted by atomic mass is 19.1. The Hall–Kier alpha value is -2.44. The maximum absolute atomic E-state index is 14.0. The lowest BCUT2D eigenvalue weighted by molar-refractivity contribution is -0.159. The molecule has 1 atom stereocenters. The van der Waals surface area contributed by atoms with Crippen LogP contribution in [-0.2, 0) is 16.0 Å². The molecule has 1 heterocycles. The third-order valence-corrected chi connectivity index (χ3v) is 4.47. The molecule has 1 aliphatic heterocycles. The van der Waals surface area contributed by atoms with Crippen molar-refractivity contribution < 1.29 is 23.8 Å². The van der Waals surface area contributed by atoms with Gasteiger partial charge in [0, 0.05) is 13.0 Å². The van der Waals surface area contributed by atoms with Crippen LogP contribution < -0.4 is 4.74 Å². The summed E-state index contributed by atoms with van der Waals surface area (Å²) in [5, 5.41) is 9.88. The second kappa shape index (κ2) is 8.29. The maximum atomic E-state index is 14.0. The van der Waals surface area contributed by atoms with E-state index >= 15 is 0 Å². The Morgan fingerprint density at radius 2 is 1.92 bits per heavy atom. The topological polar surface area (TPSA) is 59.0 Å². The van der Waals surface area contributed by atoms with E-state index in [4.69, 9.17) is 9.47 Å². The molecule has 1 amide bonds. The van der Waals surface area contributed by atoms with E-state index in [-0.39, 0.29) is 44.5 Å². The Bertz CT molecular complexity index is 740. The summed E-state index contributed by atoms with van der Waals surface area (Å²) >= 11 is 0. The van der Waals surface area contributed by atoms with Gasteiger partial charge in [0.25, 0.3) is 5.91 Å². The second-order valence-electron chi connectivity index (χ2n) is 6.37. The van der Waals surface area contributed by atoms with Crippen LogP contribution in [0.25, 0.3) is 0 Å². The van der Waals surface area contributed by atoms with Crippen LogP contribution in [0.2, 0.25) is 0 Å². The molecular formula is C20H22FNO4. The Morgan fingerprint density at radius 1 is 1.19 bits per heavy atom. The highest BCUT2D eigenvalue weighted by molar-refractivity contribution is 5.78. The Kier molecular flexibility index (Phi) is 5.85. The van der Waals surface area contributed by atoms with E-state index < -0.39 is 5.60 Å². The van der Waals surface area contributed by atoms with Gasteiger partial charge in [-0.15, -0.1) is 0 Å². The molecule has 0 bridgehead atoms. The first-order valence-corrected chi connectivity index (χ1v) is 8.56. The molecular weight excluding hydrogens is 337 g/mol. The molecule has 1 fully saturated rings. The summed E-state index contributed by atoms with van der Waals surface area (Å²) in [5.41, 5.74) is -0.556. The molecule has 0 radical (unpaired) electrons. The van der Waals surface area contributed by atoms with E-state index in [0.717, 1.165) is 0 Å². The number of hydrogen-bond donors (Lipinski definition) is 1. The zero-order chi connectivity index (χ0) is 18.4. The first kappa shape index (κ1) is 18.4. The van der Waals surface area contributed by atoms with Crippen LogP contribution in [0.5, 0.6) is 5.75 Å². The predicted molar refractivity (Wildman–Crippen MR) is 94.4 cm³/mol. The van der Waals surface area contributed by atoms with Crippen molar-refractivity contribution in [3.8, 4) is 5.75 Å². The molecule has 0 spiro atoms. The first-order valence-electron chi connectivity index (χ1n) is 8.56. The van der Waals surface area contributed by atoms with Gasteiger partial charge >= 0.3 is 0 Å². The van der Waals surface area contributed by atoms with Gasteiger partial charge in [-0.2, -0.15) is 0 Å². The van der Waals surface area contributed by atoms with Crippen LogP contribution >= 0.6 is 0 Å². The van der Waals surface area contributed by atoms with Crippen molar-refractivity contribution in [2.75, 3.05) is 32.9 Å². The van der Waals surface area contributed by atoms with E-state index in [0.29, 0.717) is 17.9 Å². The monoisotopic (exact) mass is 359 g/mol. The number of para-hydroxylation sites is 1. The third kappa shape index (κ3) is 4.39. The maximum Gasteiger partial charge on any atom is 0.260 e. The fourth-order valence-electron chi connectivity index (χ4n) is 3.06. The number of morpholine rings is 1.